The van der Waals surface area contributed by atoms with Crippen LogP contribution in [-0.2, 0) is 6.42 Å². The fraction of sp³-hybridized carbons (Fsp3) is 0.136. The second kappa shape index (κ2) is 7.89. The molecule has 0 fully saturated rings. The normalized spacial score (nSPS) is 11.2. The maximum atomic E-state index is 13.0. The van der Waals surface area contributed by atoms with E-state index in [0.717, 1.165) is 21.3 Å². The first-order valence-electron chi connectivity index (χ1n) is 9.69. The van der Waals surface area contributed by atoms with Crippen molar-refractivity contribution in [2.24, 2.45) is 0 Å². The third-order valence-electron chi connectivity index (χ3n) is 4.82. The van der Waals surface area contributed by atoms with Gasteiger partial charge in [-0.25, -0.2) is 14.8 Å². The summed E-state index contributed by atoms with van der Waals surface area (Å²) in [6.07, 6.45) is 5.70. The van der Waals surface area contributed by atoms with E-state index in [0.29, 0.717) is 17.0 Å². The number of methoxy groups -OCH3 is 1. The highest BCUT2D eigenvalue weighted by Gasteiger charge is 2.18. The van der Waals surface area contributed by atoms with Crippen LogP contribution in [0.1, 0.15) is 12.5 Å². The smallest absolute Gasteiger partial charge is 0.429 e. The second-order valence-electron chi connectivity index (χ2n) is 6.81. The minimum absolute atomic E-state index is 0.000895. The number of hydrogen-bond acceptors (Lipinski definition) is 9. The van der Waals surface area contributed by atoms with Gasteiger partial charge >= 0.3 is 5.76 Å². The van der Waals surface area contributed by atoms with Gasteiger partial charge in [0, 0.05) is 24.5 Å². The minimum atomic E-state index is -0.869. The topological polar surface area (TPSA) is 109 Å². The molecule has 160 valence electrons. The third kappa shape index (κ3) is 3.40. The quantitative estimate of drug-likeness (QED) is 0.400. The highest BCUT2D eigenvalue weighted by atomic mass is 32.1. The first-order chi connectivity index (χ1) is 15.6. The Morgan fingerprint density at radius 1 is 1.12 bits per heavy atom. The Bertz CT molecular complexity index is 1590. The molecular formula is C22H16N4O5S. The van der Waals surface area contributed by atoms with E-state index < -0.39 is 11.3 Å². The van der Waals surface area contributed by atoms with Gasteiger partial charge in [-0.1, -0.05) is 18.3 Å². The molecule has 0 unspecified atom stereocenters. The van der Waals surface area contributed by atoms with Crippen molar-refractivity contribution in [3.63, 3.8) is 0 Å². The Labute approximate surface area is 184 Å². The standard InChI is InChI=1S/C22H16N4O5S/c1-3-12-8-14(11-23-10-12)30-13-4-5-15-17(9-13)32-21(25-15)26-20(27)18-19(31-22(26)28)16(29-2)6-7-24-18/h4-11H,3H2,1-2H3. The van der Waals surface area contributed by atoms with Crippen molar-refractivity contribution in [2.75, 3.05) is 7.11 Å². The van der Waals surface area contributed by atoms with E-state index in [1.807, 2.05) is 13.0 Å². The molecule has 0 N–H and O–H groups in total. The highest BCUT2D eigenvalue weighted by Crippen LogP contribution is 2.30. The zero-order chi connectivity index (χ0) is 22.2. The van der Waals surface area contributed by atoms with E-state index in [-0.39, 0.29) is 22.0 Å². The Morgan fingerprint density at radius 3 is 2.81 bits per heavy atom. The lowest BCUT2D eigenvalue weighted by molar-refractivity contribution is 0.401. The Kier molecular flexibility index (Phi) is 4.91. The number of rotatable bonds is 5. The molecule has 10 heteroatoms. The van der Waals surface area contributed by atoms with Gasteiger partial charge in [-0.15, -0.1) is 0 Å². The molecule has 5 aromatic rings. The molecule has 0 saturated carbocycles. The van der Waals surface area contributed by atoms with Crippen molar-refractivity contribution < 1.29 is 13.9 Å². The summed E-state index contributed by atoms with van der Waals surface area (Å²) in [5, 5.41) is 0.178. The zero-order valence-corrected chi connectivity index (χ0v) is 17.9. The van der Waals surface area contributed by atoms with Crippen LogP contribution in [0.25, 0.3) is 26.4 Å². The molecule has 0 bridgehead atoms. The Morgan fingerprint density at radius 2 is 2.00 bits per heavy atom. The number of pyridine rings is 2. The minimum Gasteiger partial charge on any atom is -0.493 e. The van der Waals surface area contributed by atoms with Gasteiger partial charge in [-0.05, 0) is 30.2 Å². The van der Waals surface area contributed by atoms with Gasteiger partial charge in [0.25, 0.3) is 5.56 Å². The molecule has 9 nitrogen and oxygen atoms in total. The first kappa shape index (κ1) is 19.9. The largest absolute Gasteiger partial charge is 0.493 e. The predicted molar refractivity (Wildman–Crippen MR) is 119 cm³/mol. The molecule has 5 rings (SSSR count). The van der Waals surface area contributed by atoms with Crippen molar-refractivity contribution in [3.8, 4) is 22.4 Å². The van der Waals surface area contributed by atoms with Crippen molar-refractivity contribution >= 4 is 32.7 Å². The molecule has 0 aliphatic carbocycles. The van der Waals surface area contributed by atoms with Crippen LogP contribution in [0.4, 0.5) is 0 Å². The molecule has 4 aromatic heterocycles. The van der Waals surface area contributed by atoms with Crippen LogP contribution >= 0.6 is 11.3 Å². The summed E-state index contributed by atoms with van der Waals surface area (Å²) in [7, 11) is 1.42. The van der Waals surface area contributed by atoms with Gasteiger partial charge in [0.2, 0.25) is 10.7 Å². The lowest BCUT2D eigenvalue weighted by atomic mass is 10.2. The maximum absolute atomic E-state index is 13.0. The molecule has 0 radical (unpaired) electrons. The molecule has 1 aromatic carbocycles. The van der Waals surface area contributed by atoms with E-state index in [1.54, 1.807) is 30.6 Å². The highest BCUT2D eigenvalue weighted by molar-refractivity contribution is 7.20. The van der Waals surface area contributed by atoms with E-state index >= 15 is 0 Å². The Hall–Kier alpha value is -4.05. The fourth-order valence-electron chi connectivity index (χ4n) is 3.23. The summed E-state index contributed by atoms with van der Waals surface area (Å²) < 4.78 is 18.0. The van der Waals surface area contributed by atoms with Gasteiger partial charge in [0.1, 0.15) is 11.5 Å². The van der Waals surface area contributed by atoms with Gasteiger partial charge in [-0.2, -0.15) is 4.57 Å². The van der Waals surface area contributed by atoms with Crippen molar-refractivity contribution in [1.82, 2.24) is 19.5 Å². The number of ether oxygens (including phenoxy) is 2. The SMILES string of the molecule is CCc1cncc(Oc2ccc3nc(-n4c(=O)oc5c(OC)ccnc5c4=O)sc3c2)c1. The molecule has 0 amide bonds. The van der Waals surface area contributed by atoms with Gasteiger partial charge in [0.15, 0.2) is 11.3 Å². The van der Waals surface area contributed by atoms with Crippen LogP contribution in [-0.4, -0.2) is 26.6 Å². The van der Waals surface area contributed by atoms with Crippen molar-refractivity contribution in [1.29, 1.82) is 0 Å². The number of fused-ring (bicyclic) bond motifs is 2. The number of aryl methyl sites for hydroxylation is 1. The van der Waals surface area contributed by atoms with Gasteiger partial charge in [0.05, 0.1) is 23.5 Å². The summed E-state index contributed by atoms with van der Waals surface area (Å²) in [5.74, 6) is 0.600. The molecule has 0 spiro atoms. The molecule has 0 saturated heterocycles. The van der Waals surface area contributed by atoms with Crippen LogP contribution in [0.5, 0.6) is 17.2 Å². The van der Waals surface area contributed by atoms with Crippen LogP contribution in [0.2, 0.25) is 0 Å². The van der Waals surface area contributed by atoms with Crippen molar-refractivity contribution in [2.45, 2.75) is 13.3 Å². The second-order valence-corrected chi connectivity index (χ2v) is 7.82. The van der Waals surface area contributed by atoms with Crippen LogP contribution in [0, 0.1) is 0 Å². The molecule has 0 aliphatic heterocycles. The van der Waals surface area contributed by atoms with E-state index in [1.165, 1.54) is 30.7 Å². The van der Waals surface area contributed by atoms with E-state index in [4.69, 9.17) is 13.9 Å². The number of thiazole rings is 1. The summed E-state index contributed by atoms with van der Waals surface area (Å²) in [5.41, 5.74) is 1.03. The van der Waals surface area contributed by atoms with Gasteiger partial charge in [-0.3, -0.25) is 9.78 Å². The third-order valence-corrected chi connectivity index (χ3v) is 5.82. The number of aromatic nitrogens is 4. The lowest BCUT2D eigenvalue weighted by Crippen LogP contribution is -2.31. The average Bonchev–Trinajstić information content (AvgIpc) is 3.21. The summed E-state index contributed by atoms with van der Waals surface area (Å²) >= 11 is 1.17. The average molecular weight is 448 g/mol. The summed E-state index contributed by atoms with van der Waals surface area (Å²) in [6.45, 7) is 2.04. The maximum Gasteiger partial charge on any atom is 0.429 e. The van der Waals surface area contributed by atoms with Crippen LogP contribution in [0.3, 0.4) is 0 Å². The lowest BCUT2D eigenvalue weighted by Gasteiger charge is -2.06. The number of nitrogens with zero attached hydrogens (tertiary/aromatic N) is 4. The summed E-state index contributed by atoms with van der Waals surface area (Å²) in [4.78, 5) is 38.3. The number of benzene rings is 1. The van der Waals surface area contributed by atoms with Crippen LogP contribution in [0.15, 0.2) is 62.9 Å². The molecule has 0 atom stereocenters. The van der Waals surface area contributed by atoms with Gasteiger partial charge < -0.3 is 13.9 Å². The number of hydrogen-bond donors (Lipinski definition) is 0. The van der Waals surface area contributed by atoms with Crippen molar-refractivity contribution in [3.05, 3.63) is 75.4 Å². The zero-order valence-electron chi connectivity index (χ0n) is 17.1. The monoisotopic (exact) mass is 448 g/mol. The summed E-state index contributed by atoms with van der Waals surface area (Å²) in [6, 6.07) is 8.76. The molecular weight excluding hydrogens is 432 g/mol. The molecule has 0 aliphatic rings. The molecule has 4 heterocycles. The van der Waals surface area contributed by atoms with Crippen LogP contribution < -0.4 is 20.8 Å². The molecule has 32 heavy (non-hydrogen) atoms. The Balaban J connectivity index is 1.58. The van der Waals surface area contributed by atoms with E-state index in [2.05, 4.69) is 15.0 Å². The van der Waals surface area contributed by atoms with E-state index in [9.17, 15) is 9.59 Å². The fourth-order valence-corrected chi connectivity index (χ4v) is 4.21. The predicted octanol–water partition coefficient (Wildman–Crippen LogP) is 3.71. The first-order valence-corrected chi connectivity index (χ1v) is 10.5.